The zero-order valence-corrected chi connectivity index (χ0v) is 15.2. The largest absolute Gasteiger partial charge is 0.332 e. The maximum Gasteiger partial charge on any atom is 0.254 e. The van der Waals surface area contributed by atoms with Crippen molar-refractivity contribution in [2.24, 2.45) is 0 Å². The number of carbonyl (C=O) groups excluding carboxylic acids is 2. The van der Waals surface area contributed by atoms with Gasteiger partial charge in [0.15, 0.2) is 0 Å². The van der Waals surface area contributed by atoms with Gasteiger partial charge in [0.05, 0.1) is 6.54 Å². The number of rotatable bonds is 4. The summed E-state index contributed by atoms with van der Waals surface area (Å²) in [5.41, 5.74) is 3.10. The van der Waals surface area contributed by atoms with Crippen molar-refractivity contribution in [1.29, 1.82) is 0 Å². The molecule has 0 radical (unpaired) electrons. The van der Waals surface area contributed by atoms with Gasteiger partial charge in [-0.2, -0.15) is 0 Å². The van der Waals surface area contributed by atoms with Gasteiger partial charge in [-0.05, 0) is 49.2 Å². The molecule has 2 amide bonds. The molecule has 2 rings (SSSR count). The van der Waals surface area contributed by atoms with Gasteiger partial charge in [-0.3, -0.25) is 9.59 Å². The maximum absolute atomic E-state index is 12.4. The third-order valence-electron chi connectivity index (χ3n) is 3.50. The van der Waals surface area contributed by atoms with Crippen molar-refractivity contribution in [3.05, 3.63) is 63.1 Å². The molecular weight excluding hydrogens is 347 g/mol. The number of likely N-dealkylation sites (N-methyl/N-ethyl adjacent to an activating group) is 1. The summed E-state index contributed by atoms with van der Waals surface area (Å²) in [5.74, 6) is -0.594. The van der Waals surface area contributed by atoms with E-state index in [1.165, 1.54) is 17.0 Å². The smallest absolute Gasteiger partial charge is 0.254 e. The number of nitrogens with zero attached hydrogens (tertiary/aromatic N) is 1. The van der Waals surface area contributed by atoms with E-state index in [-0.39, 0.29) is 18.4 Å². The fourth-order valence-corrected chi connectivity index (χ4v) is 2.77. The fourth-order valence-electron chi connectivity index (χ4n) is 2.25. The van der Waals surface area contributed by atoms with Crippen molar-refractivity contribution in [1.82, 2.24) is 4.90 Å². The molecule has 0 heterocycles. The monoisotopic (exact) mass is 364 g/mol. The van der Waals surface area contributed by atoms with Gasteiger partial charge < -0.3 is 10.2 Å². The summed E-state index contributed by atoms with van der Waals surface area (Å²) in [7, 11) is 1.56. The number of nitrogens with one attached hydrogen (secondary N) is 1. The van der Waals surface area contributed by atoms with Gasteiger partial charge in [0, 0.05) is 28.3 Å². The lowest BCUT2D eigenvalue weighted by molar-refractivity contribution is -0.116. The van der Waals surface area contributed by atoms with Gasteiger partial charge in [-0.1, -0.05) is 35.3 Å². The highest BCUT2D eigenvalue weighted by Gasteiger charge is 2.16. The molecule has 0 aliphatic carbocycles. The van der Waals surface area contributed by atoms with Crippen LogP contribution in [0.25, 0.3) is 0 Å². The average molecular weight is 365 g/mol. The first-order valence-corrected chi connectivity index (χ1v) is 8.10. The van der Waals surface area contributed by atoms with E-state index in [1.807, 2.05) is 32.0 Å². The van der Waals surface area contributed by atoms with Crippen molar-refractivity contribution in [3.63, 3.8) is 0 Å². The molecule has 6 heteroatoms. The average Bonchev–Trinajstić information content (AvgIpc) is 2.49. The number of benzene rings is 2. The molecule has 0 saturated heterocycles. The lowest BCUT2D eigenvalue weighted by Gasteiger charge is -2.18. The Morgan fingerprint density at radius 1 is 1.04 bits per heavy atom. The Bertz CT molecular complexity index is 770. The molecule has 0 saturated carbocycles. The van der Waals surface area contributed by atoms with Crippen LogP contribution in [0.5, 0.6) is 0 Å². The SMILES string of the molecule is Cc1ccc(C)c(NC(=O)CN(C)C(=O)c2cc(Cl)cc(Cl)c2)c1. The Balaban J connectivity index is 2.05. The summed E-state index contributed by atoms with van der Waals surface area (Å²) < 4.78 is 0. The van der Waals surface area contributed by atoms with Gasteiger partial charge in [0.25, 0.3) is 5.91 Å². The molecule has 0 aliphatic heterocycles. The molecular formula is C18H18Cl2N2O2. The Hall–Kier alpha value is -2.04. The molecule has 0 fully saturated rings. The third kappa shape index (κ3) is 4.73. The Labute approximate surface area is 151 Å². The Morgan fingerprint density at radius 3 is 2.29 bits per heavy atom. The first-order chi connectivity index (χ1) is 11.3. The van der Waals surface area contributed by atoms with E-state index in [2.05, 4.69) is 5.32 Å². The van der Waals surface area contributed by atoms with E-state index in [0.29, 0.717) is 15.6 Å². The molecule has 0 unspecified atom stereocenters. The van der Waals surface area contributed by atoms with Crippen LogP contribution in [0.2, 0.25) is 10.0 Å². The summed E-state index contributed by atoms with van der Waals surface area (Å²) in [4.78, 5) is 25.9. The van der Waals surface area contributed by atoms with Crippen LogP contribution in [0, 0.1) is 13.8 Å². The van der Waals surface area contributed by atoms with Crippen molar-refractivity contribution in [3.8, 4) is 0 Å². The molecule has 2 aromatic carbocycles. The fraction of sp³-hybridized carbons (Fsp3) is 0.222. The number of hydrogen-bond acceptors (Lipinski definition) is 2. The van der Waals surface area contributed by atoms with Crippen LogP contribution in [0.3, 0.4) is 0 Å². The number of amides is 2. The lowest BCUT2D eigenvalue weighted by Crippen LogP contribution is -2.35. The van der Waals surface area contributed by atoms with Gasteiger partial charge in [0.1, 0.15) is 0 Å². The molecule has 0 aliphatic rings. The van der Waals surface area contributed by atoms with E-state index < -0.39 is 0 Å². The maximum atomic E-state index is 12.4. The number of carbonyl (C=O) groups is 2. The summed E-state index contributed by atoms with van der Waals surface area (Å²) in [5, 5.41) is 3.57. The summed E-state index contributed by atoms with van der Waals surface area (Å²) >= 11 is 11.8. The van der Waals surface area contributed by atoms with Gasteiger partial charge in [-0.25, -0.2) is 0 Å². The molecule has 1 N–H and O–H groups in total. The molecule has 0 spiro atoms. The van der Waals surface area contributed by atoms with Crippen LogP contribution in [-0.4, -0.2) is 30.3 Å². The zero-order valence-electron chi connectivity index (χ0n) is 13.7. The minimum Gasteiger partial charge on any atom is -0.332 e. The first kappa shape index (κ1) is 18.3. The number of halogens is 2. The highest BCUT2D eigenvalue weighted by molar-refractivity contribution is 6.35. The second kappa shape index (κ2) is 7.69. The predicted octanol–water partition coefficient (Wildman–Crippen LogP) is 4.32. The topological polar surface area (TPSA) is 49.4 Å². The van der Waals surface area contributed by atoms with Crippen molar-refractivity contribution in [2.75, 3.05) is 18.9 Å². The highest BCUT2D eigenvalue weighted by Crippen LogP contribution is 2.20. The van der Waals surface area contributed by atoms with Gasteiger partial charge in [-0.15, -0.1) is 0 Å². The van der Waals surface area contributed by atoms with Crippen LogP contribution < -0.4 is 5.32 Å². The molecule has 2 aromatic rings. The van der Waals surface area contributed by atoms with E-state index in [4.69, 9.17) is 23.2 Å². The van der Waals surface area contributed by atoms with Gasteiger partial charge >= 0.3 is 0 Å². The van der Waals surface area contributed by atoms with E-state index in [0.717, 1.165) is 16.8 Å². The van der Waals surface area contributed by atoms with Crippen LogP contribution in [-0.2, 0) is 4.79 Å². The molecule has 24 heavy (non-hydrogen) atoms. The van der Waals surface area contributed by atoms with Crippen molar-refractivity contribution < 1.29 is 9.59 Å². The highest BCUT2D eigenvalue weighted by atomic mass is 35.5. The summed E-state index contributed by atoms with van der Waals surface area (Å²) in [6.07, 6.45) is 0. The summed E-state index contributed by atoms with van der Waals surface area (Å²) in [6, 6.07) is 10.4. The molecule has 0 bridgehead atoms. The summed E-state index contributed by atoms with van der Waals surface area (Å²) in [6.45, 7) is 3.79. The first-order valence-electron chi connectivity index (χ1n) is 7.35. The molecule has 4 nitrogen and oxygen atoms in total. The van der Waals surface area contributed by atoms with Crippen LogP contribution >= 0.6 is 23.2 Å². The standard InChI is InChI=1S/C18H18Cl2N2O2/c1-11-4-5-12(2)16(6-11)21-17(23)10-22(3)18(24)13-7-14(19)9-15(20)8-13/h4-9H,10H2,1-3H3,(H,21,23). The van der Waals surface area contributed by atoms with Crippen LogP contribution in [0.4, 0.5) is 5.69 Å². The van der Waals surface area contributed by atoms with E-state index >= 15 is 0 Å². The van der Waals surface area contributed by atoms with Crippen molar-refractivity contribution >= 4 is 40.7 Å². The van der Waals surface area contributed by atoms with E-state index in [9.17, 15) is 9.59 Å². The quantitative estimate of drug-likeness (QED) is 0.877. The predicted molar refractivity (Wildman–Crippen MR) is 98.0 cm³/mol. The van der Waals surface area contributed by atoms with Crippen LogP contribution in [0.1, 0.15) is 21.5 Å². The van der Waals surface area contributed by atoms with Gasteiger partial charge in [0.2, 0.25) is 5.91 Å². The Kier molecular flexibility index (Phi) is 5.86. The minimum atomic E-state index is -0.324. The molecule has 0 atom stereocenters. The zero-order chi connectivity index (χ0) is 17.9. The lowest BCUT2D eigenvalue weighted by atomic mass is 10.1. The normalized spacial score (nSPS) is 10.4. The Morgan fingerprint density at radius 2 is 1.67 bits per heavy atom. The molecule has 0 aromatic heterocycles. The second-order valence-corrected chi connectivity index (χ2v) is 6.56. The minimum absolute atomic E-state index is 0.0731. The number of anilines is 1. The van der Waals surface area contributed by atoms with Crippen LogP contribution in [0.15, 0.2) is 36.4 Å². The molecule has 126 valence electrons. The second-order valence-electron chi connectivity index (χ2n) is 5.69. The number of aryl methyl sites for hydroxylation is 2. The number of hydrogen-bond donors (Lipinski definition) is 1. The van der Waals surface area contributed by atoms with E-state index in [1.54, 1.807) is 13.1 Å². The third-order valence-corrected chi connectivity index (χ3v) is 3.94. The van der Waals surface area contributed by atoms with Crippen molar-refractivity contribution in [2.45, 2.75) is 13.8 Å².